The quantitative estimate of drug-likeness (QED) is 0.206. The third-order valence-corrected chi connectivity index (χ3v) is 6.14. The first-order chi connectivity index (χ1) is 19.4. The number of nitrogens with one attached hydrogen (secondary N) is 1. The minimum atomic E-state index is -0.216. The third kappa shape index (κ3) is 8.91. The molecule has 2 aromatic heterocycles. The Balaban J connectivity index is 0.000000484. The van der Waals surface area contributed by atoms with E-state index >= 15 is 0 Å². The van der Waals surface area contributed by atoms with Gasteiger partial charge in [-0.25, -0.2) is 9.37 Å². The molecule has 8 heteroatoms. The highest BCUT2D eigenvalue weighted by atomic mass is 35.5. The normalized spacial score (nSPS) is 11.2. The van der Waals surface area contributed by atoms with Crippen LogP contribution < -0.4 is 5.32 Å². The van der Waals surface area contributed by atoms with Gasteiger partial charge < -0.3 is 9.88 Å². The number of rotatable bonds is 9. The molecule has 0 radical (unpaired) electrons. The minimum absolute atomic E-state index is 0.0666. The van der Waals surface area contributed by atoms with Crippen molar-refractivity contribution >= 4 is 34.4 Å². The Bertz CT molecular complexity index is 1400. The van der Waals surface area contributed by atoms with Crippen LogP contribution in [-0.2, 0) is 13.0 Å². The van der Waals surface area contributed by atoms with Gasteiger partial charge in [0.1, 0.15) is 5.82 Å². The van der Waals surface area contributed by atoms with Gasteiger partial charge in [0.25, 0.3) is 5.91 Å². The molecular formula is C32H41ClFN5O. The zero-order chi connectivity index (χ0) is 29.5. The summed E-state index contributed by atoms with van der Waals surface area (Å²) in [6, 6.07) is 16.8. The van der Waals surface area contributed by atoms with Gasteiger partial charge in [0, 0.05) is 29.6 Å². The maximum Gasteiger partial charge on any atom is 0.256 e. The zero-order valence-corrected chi connectivity index (χ0v) is 25.2. The monoisotopic (exact) mass is 565 g/mol. The minimum Gasteiger partial charge on any atom is -0.308 e. The molecule has 1 amide bonds. The standard InChI is InChI=1S/C23H24ClN5O.C7H11F.C2H6/c1-3-5-14-28-20-9-7-6-8-19(20)25-23(28)29-21(15-18(4-2)27-29)26-22(30)16-10-12-17(24)13-11-16;1-3-5-6-7(8)4-2;1-2/h6-13,15H,3-5,14H2,1-2H3,(H,26,30);3-5H,6H2,1-2H3;1-2H3/b;5-3-,7-4+;. The number of carbonyl (C=O) groups excluding carboxylic acids is 1. The van der Waals surface area contributed by atoms with Gasteiger partial charge in [-0.15, -0.1) is 0 Å². The summed E-state index contributed by atoms with van der Waals surface area (Å²) in [7, 11) is 0. The number of nitrogens with zero attached hydrogens (tertiary/aromatic N) is 4. The van der Waals surface area contributed by atoms with Crippen molar-refractivity contribution < 1.29 is 9.18 Å². The lowest BCUT2D eigenvalue weighted by atomic mass is 10.2. The van der Waals surface area contributed by atoms with E-state index in [1.54, 1.807) is 41.9 Å². The molecule has 0 aliphatic rings. The number of hydrogen-bond donors (Lipinski definition) is 1. The van der Waals surface area contributed by atoms with Crippen molar-refractivity contribution in [3.8, 4) is 5.95 Å². The molecule has 0 spiro atoms. The summed E-state index contributed by atoms with van der Waals surface area (Å²) < 4.78 is 16.0. The first-order valence-corrected chi connectivity index (χ1v) is 14.3. The molecule has 0 saturated heterocycles. The Morgan fingerprint density at radius 2 is 1.77 bits per heavy atom. The smallest absolute Gasteiger partial charge is 0.256 e. The van der Waals surface area contributed by atoms with Crippen LogP contribution in [0.15, 0.2) is 78.7 Å². The molecule has 4 rings (SSSR count). The van der Waals surface area contributed by atoms with E-state index in [-0.39, 0.29) is 11.7 Å². The van der Waals surface area contributed by atoms with Gasteiger partial charge in [-0.3, -0.25) is 4.79 Å². The summed E-state index contributed by atoms with van der Waals surface area (Å²) in [6.07, 6.45) is 8.39. The molecule has 6 nitrogen and oxygen atoms in total. The molecule has 4 aromatic rings. The lowest BCUT2D eigenvalue weighted by Crippen LogP contribution is -2.17. The van der Waals surface area contributed by atoms with Crippen LogP contribution in [0.1, 0.15) is 76.9 Å². The highest BCUT2D eigenvalue weighted by Crippen LogP contribution is 2.24. The van der Waals surface area contributed by atoms with Crippen LogP contribution in [0.5, 0.6) is 0 Å². The molecule has 0 aliphatic heterocycles. The number of anilines is 1. The van der Waals surface area contributed by atoms with Crippen LogP contribution in [-0.4, -0.2) is 25.2 Å². The SMILES string of the molecule is C/C=C\C/C(F)=C\C.CC.CCCCn1c(-n2nc(CC)cc2NC(=O)c2ccc(Cl)cc2)nc2ccccc21. The number of unbranched alkanes of at least 4 members (excludes halogenated alkanes) is 1. The van der Waals surface area contributed by atoms with Crippen LogP contribution in [0.25, 0.3) is 17.0 Å². The molecule has 0 fully saturated rings. The molecule has 214 valence electrons. The topological polar surface area (TPSA) is 64.7 Å². The van der Waals surface area contributed by atoms with Gasteiger partial charge in [0.15, 0.2) is 0 Å². The fourth-order valence-electron chi connectivity index (χ4n) is 3.74. The predicted molar refractivity (Wildman–Crippen MR) is 166 cm³/mol. The van der Waals surface area contributed by atoms with Crippen molar-refractivity contribution in [1.29, 1.82) is 0 Å². The maximum atomic E-state index is 12.8. The predicted octanol–water partition coefficient (Wildman–Crippen LogP) is 9.34. The van der Waals surface area contributed by atoms with Crippen LogP contribution in [0, 0.1) is 0 Å². The molecule has 2 heterocycles. The number of imidazole rings is 1. The van der Waals surface area contributed by atoms with E-state index in [9.17, 15) is 9.18 Å². The van der Waals surface area contributed by atoms with E-state index in [4.69, 9.17) is 21.7 Å². The number of aromatic nitrogens is 4. The second kappa shape index (κ2) is 17.1. The Labute approximate surface area is 242 Å². The van der Waals surface area contributed by atoms with E-state index in [1.807, 2.05) is 58.0 Å². The second-order valence-corrected chi connectivity index (χ2v) is 9.10. The average molecular weight is 566 g/mol. The van der Waals surface area contributed by atoms with E-state index in [0.29, 0.717) is 28.8 Å². The van der Waals surface area contributed by atoms with E-state index in [0.717, 1.165) is 42.5 Å². The fraction of sp³-hybridized carbons (Fsp3) is 0.344. The molecule has 1 N–H and O–H groups in total. The highest BCUT2D eigenvalue weighted by Gasteiger charge is 2.19. The van der Waals surface area contributed by atoms with Crippen molar-refractivity contribution in [1.82, 2.24) is 19.3 Å². The Hall–Kier alpha value is -3.71. The summed E-state index contributed by atoms with van der Waals surface area (Å²) >= 11 is 5.94. The van der Waals surface area contributed by atoms with Gasteiger partial charge in [-0.2, -0.15) is 9.78 Å². The van der Waals surface area contributed by atoms with Crippen LogP contribution >= 0.6 is 11.6 Å². The first-order valence-electron chi connectivity index (χ1n) is 13.9. The zero-order valence-electron chi connectivity index (χ0n) is 24.4. The summed E-state index contributed by atoms with van der Waals surface area (Å²) in [4.78, 5) is 17.6. The lowest BCUT2D eigenvalue weighted by molar-refractivity contribution is 0.102. The number of benzene rings is 2. The Morgan fingerprint density at radius 1 is 1.07 bits per heavy atom. The Morgan fingerprint density at radius 3 is 2.40 bits per heavy atom. The summed E-state index contributed by atoms with van der Waals surface area (Å²) in [6.45, 7) is 12.6. The molecule has 0 saturated carbocycles. The number of allylic oxidation sites excluding steroid dienone is 4. The summed E-state index contributed by atoms with van der Waals surface area (Å²) in [5, 5.41) is 8.31. The maximum absolute atomic E-state index is 12.8. The fourth-order valence-corrected chi connectivity index (χ4v) is 3.87. The second-order valence-electron chi connectivity index (χ2n) is 8.66. The number of carbonyl (C=O) groups is 1. The Kier molecular flexibility index (Phi) is 13.9. The molecule has 0 atom stereocenters. The molecular weight excluding hydrogens is 525 g/mol. The van der Waals surface area contributed by atoms with Gasteiger partial charge in [0.05, 0.1) is 22.6 Å². The molecule has 0 unspecified atom stereocenters. The number of fused-ring (bicyclic) bond motifs is 1. The number of aryl methyl sites for hydroxylation is 2. The number of amides is 1. The molecule has 0 bridgehead atoms. The van der Waals surface area contributed by atoms with Crippen LogP contribution in [0.4, 0.5) is 10.2 Å². The summed E-state index contributed by atoms with van der Waals surface area (Å²) in [5.74, 6) is 1.02. The van der Waals surface area contributed by atoms with E-state index in [2.05, 4.69) is 22.9 Å². The average Bonchev–Trinajstić information content (AvgIpc) is 3.57. The van der Waals surface area contributed by atoms with Crippen molar-refractivity contribution in [3.63, 3.8) is 0 Å². The van der Waals surface area contributed by atoms with Crippen LogP contribution in [0.2, 0.25) is 5.02 Å². The van der Waals surface area contributed by atoms with E-state index in [1.165, 1.54) is 6.08 Å². The lowest BCUT2D eigenvalue weighted by Gasteiger charge is -2.11. The van der Waals surface area contributed by atoms with Crippen molar-refractivity contribution in [2.24, 2.45) is 0 Å². The largest absolute Gasteiger partial charge is 0.308 e. The molecule has 2 aromatic carbocycles. The van der Waals surface area contributed by atoms with Gasteiger partial charge in [-0.05, 0) is 63.1 Å². The van der Waals surface area contributed by atoms with Gasteiger partial charge in [-0.1, -0.05) is 76.1 Å². The van der Waals surface area contributed by atoms with Gasteiger partial charge in [0.2, 0.25) is 5.95 Å². The van der Waals surface area contributed by atoms with Crippen LogP contribution in [0.3, 0.4) is 0 Å². The molecule has 40 heavy (non-hydrogen) atoms. The molecule has 0 aliphatic carbocycles. The third-order valence-electron chi connectivity index (χ3n) is 5.89. The van der Waals surface area contributed by atoms with E-state index < -0.39 is 0 Å². The number of hydrogen-bond acceptors (Lipinski definition) is 3. The van der Waals surface area contributed by atoms with Gasteiger partial charge >= 0.3 is 0 Å². The van der Waals surface area contributed by atoms with Crippen molar-refractivity contribution in [2.45, 2.75) is 73.8 Å². The number of halogens is 2. The number of para-hydroxylation sites is 2. The van der Waals surface area contributed by atoms with Crippen molar-refractivity contribution in [3.05, 3.63) is 94.9 Å². The van der Waals surface area contributed by atoms with Crippen molar-refractivity contribution in [2.75, 3.05) is 5.32 Å². The summed E-state index contributed by atoms with van der Waals surface area (Å²) in [5.41, 5.74) is 3.39. The first kappa shape index (κ1) is 32.5. The highest BCUT2D eigenvalue weighted by molar-refractivity contribution is 6.30.